The molecule has 2 aliphatic rings. The van der Waals surface area contributed by atoms with Crippen molar-refractivity contribution in [1.29, 1.82) is 0 Å². The maximum atomic E-state index is 12.7. The molecule has 0 radical (unpaired) electrons. The van der Waals surface area contributed by atoms with Crippen molar-refractivity contribution in [2.45, 2.75) is 50.7 Å². The minimum absolute atomic E-state index is 0.146. The summed E-state index contributed by atoms with van der Waals surface area (Å²) in [5.41, 5.74) is 0.208. The van der Waals surface area contributed by atoms with Crippen molar-refractivity contribution >= 4 is 11.9 Å². The van der Waals surface area contributed by atoms with Gasteiger partial charge in [0, 0.05) is 5.56 Å². The van der Waals surface area contributed by atoms with Gasteiger partial charge in [0.15, 0.2) is 5.82 Å². The van der Waals surface area contributed by atoms with E-state index in [9.17, 15) is 9.59 Å². The summed E-state index contributed by atoms with van der Waals surface area (Å²) in [4.78, 5) is 28.8. The van der Waals surface area contributed by atoms with Gasteiger partial charge in [-0.25, -0.2) is 0 Å². The molecule has 1 aliphatic heterocycles. The highest BCUT2D eigenvalue weighted by Gasteiger charge is 2.52. The number of carbonyl (C=O) groups excluding carboxylic acids is 2. The fourth-order valence-corrected chi connectivity index (χ4v) is 3.94. The Hall–Kier alpha value is -2.70. The van der Waals surface area contributed by atoms with Gasteiger partial charge in [-0.1, -0.05) is 29.8 Å². The van der Waals surface area contributed by atoms with E-state index < -0.39 is 11.5 Å². The van der Waals surface area contributed by atoms with Gasteiger partial charge in [-0.3, -0.25) is 9.59 Å². The summed E-state index contributed by atoms with van der Waals surface area (Å²) >= 11 is 0. The third-order valence-electron chi connectivity index (χ3n) is 5.25. The minimum atomic E-state index is -0.619. The lowest BCUT2D eigenvalue weighted by atomic mass is 9.75. The van der Waals surface area contributed by atoms with Crippen molar-refractivity contribution in [3.8, 4) is 11.5 Å². The zero-order valence-corrected chi connectivity index (χ0v) is 14.4. The second-order valence-electron chi connectivity index (χ2n) is 6.96. The largest absolute Gasteiger partial charge is 0.458 e. The molecular weight excluding hydrogens is 334 g/mol. The number of aromatic nitrogens is 2. The molecular formula is C19H21N3O4. The van der Waals surface area contributed by atoms with Crippen LogP contribution in [0.5, 0.6) is 0 Å². The fourth-order valence-electron chi connectivity index (χ4n) is 3.94. The predicted octanol–water partition coefficient (Wildman–Crippen LogP) is 2.62. The number of amides is 1. The van der Waals surface area contributed by atoms with E-state index in [-0.39, 0.29) is 24.8 Å². The smallest absolute Gasteiger partial charge is 0.307 e. The average Bonchev–Trinajstić information content (AvgIpc) is 3.26. The van der Waals surface area contributed by atoms with Gasteiger partial charge in [0.1, 0.15) is 5.60 Å². The van der Waals surface area contributed by atoms with Gasteiger partial charge in [0.25, 0.3) is 5.89 Å². The van der Waals surface area contributed by atoms with E-state index >= 15 is 0 Å². The van der Waals surface area contributed by atoms with Crippen molar-refractivity contribution < 1.29 is 18.8 Å². The van der Waals surface area contributed by atoms with Crippen LogP contribution < -0.4 is 5.32 Å². The van der Waals surface area contributed by atoms with Crippen LogP contribution in [0.15, 0.2) is 34.9 Å². The first-order valence-corrected chi connectivity index (χ1v) is 9.04. The maximum absolute atomic E-state index is 12.7. The highest BCUT2D eigenvalue weighted by atomic mass is 16.6. The number of rotatable bonds is 4. The molecule has 1 N–H and O–H groups in total. The molecule has 26 heavy (non-hydrogen) atoms. The second kappa shape index (κ2) is 6.90. The van der Waals surface area contributed by atoms with E-state index in [1.165, 1.54) is 0 Å². The van der Waals surface area contributed by atoms with Crippen LogP contribution in [0.2, 0.25) is 0 Å². The van der Waals surface area contributed by atoms with Gasteiger partial charge < -0.3 is 14.6 Å². The van der Waals surface area contributed by atoms with Crippen molar-refractivity contribution in [2.24, 2.45) is 5.92 Å². The Morgan fingerprint density at radius 2 is 1.96 bits per heavy atom. The van der Waals surface area contributed by atoms with Crippen molar-refractivity contribution in [3.05, 3.63) is 36.2 Å². The lowest BCUT2D eigenvalue weighted by Crippen LogP contribution is -2.45. The molecule has 2 heterocycles. The molecule has 1 amide bonds. The number of ether oxygens (including phenoxy) is 1. The monoisotopic (exact) mass is 355 g/mol. The Bertz CT molecular complexity index is 796. The lowest BCUT2D eigenvalue weighted by Gasteiger charge is -2.35. The number of benzene rings is 1. The number of nitrogens with one attached hydrogen (secondary N) is 1. The Morgan fingerprint density at radius 3 is 2.73 bits per heavy atom. The van der Waals surface area contributed by atoms with Crippen molar-refractivity contribution in [3.63, 3.8) is 0 Å². The van der Waals surface area contributed by atoms with E-state index in [0.717, 1.165) is 37.7 Å². The zero-order valence-electron chi connectivity index (χ0n) is 14.4. The Balaban J connectivity index is 1.41. The molecule has 7 heteroatoms. The van der Waals surface area contributed by atoms with Crippen LogP contribution in [0, 0.1) is 5.92 Å². The van der Waals surface area contributed by atoms with Crippen LogP contribution in [0.1, 0.15) is 44.3 Å². The third kappa shape index (κ3) is 3.21. The SMILES string of the molecule is O=C1C[C@H](C(=O)NCc2noc(-c3ccccc3)n2)C2(CCCCC2)O1. The van der Waals surface area contributed by atoms with Gasteiger partial charge in [-0.05, 0) is 37.8 Å². The number of esters is 1. The van der Waals surface area contributed by atoms with E-state index in [0.29, 0.717) is 11.7 Å². The van der Waals surface area contributed by atoms with Gasteiger partial charge in [0.2, 0.25) is 5.91 Å². The highest BCUT2D eigenvalue weighted by Crippen LogP contribution is 2.44. The molecule has 2 aromatic rings. The minimum Gasteiger partial charge on any atom is -0.458 e. The maximum Gasteiger partial charge on any atom is 0.307 e. The molecule has 0 unspecified atom stereocenters. The first-order valence-electron chi connectivity index (χ1n) is 9.04. The van der Waals surface area contributed by atoms with E-state index in [1.807, 2.05) is 30.3 Å². The van der Waals surface area contributed by atoms with Crippen LogP contribution in [0.3, 0.4) is 0 Å². The molecule has 1 saturated carbocycles. The Morgan fingerprint density at radius 1 is 1.19 bits per heavy atom. The second-order valence-corrected chi connectivity index (χ2v) is 6.96. The quantitative estimate of drug-likeness (QED) is 0.847. The van der Waals surface area contributed by atoms with Crippen LogP contribution in [-0.4, -0.2) is 27.6 Å². The number of nitrogens with zero attached hydrogens (tertiary/aromatic N) is 2. The molecule has 0 bridgehead atoms. The fraction of sp³-hybridized carbons (Fsp3) is 0.474. The summed E-state index contributed by atoms with van der Waals surface area (Å²) < 4.78 is 10.8. The van der Waals surface area contributed by atoms with E-state index in [2.05, 4.69) is 15.5 Å². The summed E-state index contributed by atoms with van der Waals surface area (Å²) in [6.45, 7) is 0.163. The molecule has 2 fully saturated rings. The first-order chi connectivity index (χ1) is 12.7. The van der Waals surface area contributed by atoms with E-state index in [4.69, 9.17) is 9.26 Å². The molecule has 1 aromatic heterocycles. The number of carbonyl (C=O) groups is 2. The summed E-state index contributed by atoms with van der Waals surface area (Å²) in [6, 6.07) is 9.45. The third-order valence-corrected chi connectivity index (χ3v) is 5.25. The number of hydrogen-bond donors (Lipinski definition) is 1. The normalized spacial score (nSPS) is 21.5. The summed E-state index contributed by atoms with van der Waals surface area (Å²) in [5, 5.41) is 6.75. The van der Waals surface area contributed by atoms with Crippen LogP contribution in [-0.2, 0) is 20.9 Å². The molecule has 136 valence electrons. The molecule has 1 aromatic carbocycles. The average molecular weight is 355 g/mol. The molecule has 7 nitrogen and oxygen atoms in total. The summed E-state index contributed by atoms with van der Waals surface area (Å²) in [7, 11) is 0. The molecule has 1 aliphatic carbocycles. The number of hydrogen-bond acceptors (Lipinski definition) is 6. The lowest BCUT2D eigenvalue weighted by molar-refractivity contribution is -0.153. The van der Waals surface area contributed by atoms with Crippen LogP contribution in [0.4, 0.5) is 0 Å². The topological polar surface area (TPSA) is 94.3 Å². The van der Waals surface area contributed by atoms with Gasteiger partial charge in [-0.2, -0.15) is 4.98 Å². The van der Waals surface area contributed by atoms with Gasteiger partial charge in [0.05, 0.1) is 18.9 Å². The zero-order chi connectivity index (χ0) is 18.0. The van der Waals surface area contributed by atoms with Gasteiger partial charge in [-0.15, -0.1) is 0 Å². The molecule has 1 saturated heterocycles. The molecule has 1 atom stereocenters. The summed E-state index contributed by atoms with van der Waals surface area (Å²) in [5.74, 6) is -0.0734. The van der Waals surface area contributed by atoms with Crippen molar-refractivity contribution in [2.75, 3.05) is 0 Å². The highest BCUT2D eigenvalue weighted by molar-refractivity contribution is 5.87. The first kappa shape index (κ1) is 16.8. The standard InChI is InChI=1S/C19H21N3O4/c23-16-11-14(19(25-16)9-5-2-6-10-19)17(24)20-12-15-21-18(26-22-15)13-7-3-1-4-8-13/h1,3-4,7-8,14H,2,5-6,9-12H2,(H,20,24)/t14-/m1/s1. The van der Waals surface area contributed by atoms with Crippen LogP contribution in [0.25, 0.3) is 11.5 Å². The van der Waals surface area contributed by atoms with Crippen molar-refractivity contribution in [1.82, 2.24) is 15.5 Å². The predicted molar refractivity (Wildman–Crippen MR) is 91.6 cm³/mol. The molecule has 1 spiro atoms. The summed E-state index contributed by atoms with van der Waals surface area (Å²) in [6.07, 6.45) is 4.77. The van der Waals surface area contributed by atoms with Crippen LogP contribution >= 0.6 is 0 Å². The Kier molecular flexibility index (Phi) is 4.44. The molecule has 4 rings (SSSR count). The van der Waals surface area contributed by atoms with Gasteiger partial charge >= 0.3 is 5.97 Å². The van der Waals surface area contributed by atoms with E-state index in [1.54, 1.807) is 0 Å². The Labute approximate surface area is 151 Å².